The summed E-state index contributed by atoms with van der Waals surface area (Å²) in [7, 11) is -3.76. The highest BCUT2D eigenvalue weighted by Crippen LogP contribution is 2.09. The van der Waals surface area contributed by atoms with Crippen LogP contribution in [0.4, 0.5) is 10.2 Å². The molecule has 2 rings (SSSR count). The van der Waals surface area contributed by atoms with E-state index >= 15 is 0 Å². The molecule has 0 bridgehead atoms. The molecule has 22 heavy (non-hydrogen) atoms. The lowest BCUT2D eigenvalue weighted by Crippen LogP contribution is -2.28. The molecule has 2 aromatic rings. The molecule has 0 saturated carbocycles. The maximum Gasteiger partial charge on any atom is 0.240 e. The molecule has 1 heterocycles. The van der Waals surface area contributed by atoms with Crippen molar-refractivity contribution >= 4 is 21.7 Å². The number of aromatic nitrogens is 1. The minimum Gasteiger partial charge on any atom is -0.311 e. The van der Waals surface area contributed by atoms with Crippen molar-refractivity contribution in [2.75, 3.05) is 11.9 Å². The van der Waals surface area contributed by atoms with Crippen LogP contribution < -0.4 is 10.0 Å². The Morgan fingerprint density at radius 3 is 2.50 bits per heavy atom. The van der Waals surface area contributed by atoms with E-state index in [2.05, 4.69) is 15.0 Å². The number of carbonyl (C=O) groups excluding carboxylic acids is 1. The third-order valence-electron chi connectivity index (χ3n) is 2.70. The first-order valence-corrected chi connectivity index (χ1v) is 7.92. The van der Waals surface area contributed by atoms with Crippen molar-refractivity contribution in [3.8, 4) is 0 Å². The van der Waals surface area contributed by atoms with Gasteiger partial charge in [-0.1, -0.05) is 6.07 Å². The number of halogens is 1. The van der Waals surface area contributed by atoms with Crippen molar-refractivity contribution in [1.82, 2.24) is 9.71 Å². The van der Waals surface area contributed by atoms with Gasteiger partial charge in [-0.2, -0.15) is 0 Å². The van der Waals surface area contributed by atoms with Gasteiger partial charge in [0.25, 0.3) is 0 Å². The largest absolute Gasteiger partial charge is 0.311 e. The van der Waals surface area contributed by atoms with E-state index in [1.54, 1.807) is 18.2 Å². The molecule has 0 radical (unpaired) electrons. The molecular formula is C14H14FN3O3S. The topological polar surface area (TPSA) is 88.2 Å². The fourth-order valence-corrected chi connectivity index (χ4v) is 2.67. The summed E-state index contributed by atoms with van der Waals surface area (Å²) in [4.78, 5) is 15.5. The molecule has 0 spiro atoms. The highest BCUT2D eigenvalue weighted by atomic mass is 32.2. The molecule has 0 unspecified atom stereocenters. The Hall–Kier alpha value is -2.32. The second-order valence-corrected chi connectivity index (χ2v) is 6.13. The van der Waals surface area contributed by atoms with Gasteiger partial charge in [0.1, 0.15) is 11.6 Å². The summed E-state index contributed by atoms with van der Waals surface area (Å²) in [6, 6.07) is 9.49. The summed E-state index contributed by atoms with van der Waals surface area (Å²) in [6.45, 7) is -0.0711. The molecule has 0 aliphatic rings. The Balaban J connectivity index is 1.85. The third kappa shape index (κ3) is 4.61. The third-order valence-corrected chi connectivity index (χ3v) is 4.18. The van der Waals surface area contributed by atoms with E-state index in [0.717, 1.165) is 24.3 Å². The number of amides is 1. The summed E-state index contributed by atoms with van der Waals surface area (Å²) in [5.41, 5.74) is 0. The summed E-state index contributed by atoms with van der Waals surface area (Å²) in [5.74, 6) is -0.483. The summed E-state index contributed by atoms with van der Waals surface area (Å²) >= 11 is 0. The van der Waals surface area contributed by atoms with E-state index in [1.165, 1.54) is 6.20 Å². The van der Waals surface area contributed by atoms with Crippen LogP contribution >= 0.6 is 0 Å². The molecule has 1 amide bonds. The van der Waals surface area contributed by atoms with Crippen LogP contribution in [0.1, 0.15) is 6.42 Å². The van der Waals surface area contributed by atoms with Gasteiger partial charge >= 0.3 is 0 Å². The number of hydrogen-bond acceptors (Lipinski definition) is 4. The lowest BCUT2D eigenvalue weighted by Gasteiger charge is -2.07. The van der Waals surface area contributed by atoms with E-state index in [4.69, 9.17) is 0 Å². The highest BCUT2D eigenvalue weighted by Gasteiger charge is 2.14. The normalized spacial score (nSPS) is 11.1. The summed E-state index contributed by atoms with van der Waals surface area (Å²) < 4.78 is 38.9. The van der Waals surface area contributed by atoms with Crippen LogP contribution in [0, 0.1) is 5.82 Å². The Labute approximate surface area is 127 Å². The van der Waals surface area contributed by atoms with E-state index < -0.39 is 15.8 Å². The first-order chi connectivity index (χ1) is 10.5. The predicted molar refractivity (Wildman–Crippen MR) is 79.1 cm³/mol. The van der Waals surface area contributed by atoms with Crippen molar-refractivity contribution < 1.29 is 17.6 Å². The van der Waals surface area contributed by atoms with Crippen LogP contribution in [0.3, 0.4) is 0 Å². The molecule has 1 aromatic heterocycles. The molecule has 1 aromatic carbocycles. The molecule has 0 saturated heterocycles. The molecule has 2 N–H and O–H groups in total. The second kappa shape index (κ2) is 7.10. The van der Waals surface area contributed by atoms with Gasteiger partial charge in [0.15, 0.2) is 0 Å². The van der Waals surface area contributed by atoms with Gasteiger partial charge in [0.2, 0.25) is 15.9 Å². The Morgan fingerprint density at radius 2 is 1.86 bits per heavy atom. The highest BCUT2D eigenvalue weighted by molar-refractivity contribution is 7.89. The standard InChI is InChI=1S/C14H14FN3O3S/c15-11-4-6-12(7-5-11)22(20,21)17-10-8-14(19)18-13-3-1-2-9-16-13/h1-7,9,17H,8,10H2,(H,16,18,19). The number of anilines is 1. The number of benzene rings is 1. The van der Waals surface area contributed by atoms with Gasteiger partial charge in [-0.25, -0.2) is 22.5 Å². The molecule has 116 valence electrons. The average Bonchev–Trinajstić information content (AvgIpc) is 2.48. The molecule has 0 aliphatic carbocycles. The van der Waals surface area contributed by atoms with Gasteiger partial charge in [-0.3, -0.25) is 4.79 Å². The quantitative estimate of drug-likeness (QED) is 0.844. The molecule has 0 aliphatic heterocycles. The zero-order valence-corrected chi connectivity index (χ0v) is 12.3. The van der Waals surface area contributed by atoms with E-state index in [1.807, 2.05) is 0 Å². The summed E-state index contributed by atoms with van der Waals surface area (Å²) in [5, 5.41) is 2.54. The fourth-order valence-electron chi connectivity index (χ4n) is 1.64. The number of carbonyl (C=O) groups is 1. The van der Waals surface area contributed by atoms with Crippen LogP contribution in [0.25, 0.3) is 0 Å². The molecule has 0 atom stereocenters. The Bertz CT molecular complexity index is 734. The van der Waals surface area contributed by atoms with Gasteiger partial charge in [-0.05, 0) is 36.4 Å². The van der Waals surface area contributed by atoms with E-state index in [0.29, 0.717) is 5.82 Å². The molecule has 8 heteroatoms. The van der Waals surface area contributed by atoms with Crippen molar-refractivity contribution in [2.24, 2.45) is 0 Å². The second-order valence-electron chi connectivity index (χ2n) is 4.36. The van der Waals surface area contributed by atoms with Crippen molar-refractivity contribution in [3.63, 3.8) is 0 Å². The van der Waals surface area contributed by atoms with Gasteiger partial charge < -0.3 is 5.32 Å². The lowest BCUT2D eigenvalue weighted by molar-refractivity contribution is -0.116. The minimum absolute atomic E-state index is 0.0446. The van der Waals surface area contributed by atoms with E-state index in [9.17, 15) is 17.6 Å². The average molecular weight is 323 g/mol. The van der Waals surface area contributed by atoms with Crippen LogP contribution in [0.5, 0.6) is 0 Å². The maximum absolute atomic E-state index is 12.8. The lowest BCUT2D eigenvalue weighted by atomic mass is 10.4. The Morgan fingerprint density at radius 1 is 1.14 bits per heavy atom. The van der Waals surface area contributed by atoms with Gasteiger partial charge in [-0.15, -0.1) is 0 Å². The SMILES string of the molecule is O=C(CCNS(=O)(=O)c1ccc(F)cc1)Nc1ccccn1. The van der Waals surface area contributed by atoms with Crippen molar-refractivity contribution in [2.45, 2.75) is 11.3 Å². The maximum atomic E-state index is 12.8. The number of nitrogens with one attached hydrogen (secondary N) is 2. The number of hydrogen-bond donors (Lipinski definition) is 2. The van der Waals surface area contributed by atoms with Gasteiger partial charge in [0, 0.05) is 19.2 Å². The number of rotatable bonds is 6. The predicted octanol–water partition coefficient (Wildman–Crippen LogP) is 1.53. The zero-order chi connectivity index (χ0) is 16.0. The zero-order valence-electron chi connectivity index (χ0n) is 11.5. The minimum atomic E-state index is -3.76. The Kier molecular flexibility index (Phi) is 5.18. The van der Waals surface area contributed by atoms with Crippen LogP contribution in [0.15, 0.2) is 53.6 Å². The number of pyridine rings is 1. The molecule has 6 nitrogen and oxygen atoms in total. The van der Waals surface area contributed by atoms with E-state index in [-0.39, 0.29) is 23.8 Å². The number of sulfonamides is 1. The smallest absolute Gasteiger partial charge is 0.240 e. The molecular weight excluding hydrogens is 309 g/mol. The van der Waals surface area contributed by atoms with Crippen molar-refractivity contribution in [1.29, 1.82) is 0 Å². The number of nitrogens with zero attached hydrogens (tertiary/aromatic N) is 1. The van der Waals surface area contributed by atoms with Gasteiger partial charge in [0.05, 0.1) is 4.90 Å². The first kappa shape index (κ1) is 16.1. The van der Waals surface area contributed by atoms with Crippen LogP contribution in [-0.2, 0) is 14.8 Å². The van der Waals surface area contributed by atoms with Crippen LogP contribution in [-0.4, -0.2) is 25.9 Å². The monoisotopic (exact) mass is 323 g/mol. The first-order valence-electron chi connectivity index (χ1n) is 6.43. The fraction of sp³-hybridized carbons (Fsp3) is 0.143. The van der Waals surface area contributed by atoms with Crippen LogP contribution in [0.2, 0.25) is 0 Å². The molecule has 0 fully saturated rings. The summed E-state index contributed by atoms with van der Waals surface area (Å²) in [6.07, 6.45) is 1.49. The van der Waals surface area contributed by atoms with Crippen molar-refractivity contribution in [3.05, 3.63) is 54.5 Å².